The number of sulfone groups is 1. The third kappa shape index (κ3) is 3.21. The van der Waals surface area contributed by atoms with E-state index in [1.165, 1.54) is 0 Å². The number of nitrogens with zero attached hydrogens (tertiary/aromatic N) is 1. The minimum Gasteiger partial charge on any atom is -0.366 e. The molecule has 0 amide bonds. The minimum atomic E-state index is -5.48. The summed E-state index contributed by atoms with van der Waals surface area (Å²) in [6, 6.07) is 0.785. The number of pyridine rings is 1. The summed E-state index contributed by atoms with van der Waals surface area (Å²) in [4.78, 5) is 14.5. The third-order valence-electron chi connectivity index (χ3n) is 3.15. The number of anilines is 1. The smallest absolute Gasteiger partial charge is 0.366 e. The number of halogens is 3. The number of aromatic amines is 1. The molecule has 1 aromatic heterocycles. The van der Waals surface area contributed by atoms with Gasteiger partial charge in [0.1, 0.15) is 5.69 Å². The Kier molecular flexibility index (Phi) is 4.28. The van der Waals surface area contributed by atoms with Gasteiger partial charge < -0.3 is 15.2 Å². The van der Waals surface area contributed by atoms with E-state index in [1.54, 1.807) is 4.90 Å². The van der Waals surface area contributed by atoms with Crippen molar-refractivity contribution in [1.29, 1.82) is 0 Å². The van der Waals surface area contributed by atoms with Crippen LogP contribution in [0.4, 0.5) is 18.9 Å². The molecule has 0 saturated carbocycles. The van der Waals surface area contributed by atoms with E-state index in [0.29, 0.717) is 32.3 Å². The van der Waals surface area contributed by atoms with Crippen molar-refractivity contribution in [2.75, 3.05) is 31.1 Å². The predicted octanol–water partition coefficient (Wildman–Crippen LogP) is 0.468. The maximum Gasteiger partial charge on any atom is 0.501 e. The molecule has 0 unspecified atom stereocenters. The van der Waals surface area contributed by atoms with Gasteiger partial charge in [-0.05, 0) is 19.0 Å². The van der Waals surface area contributed by atoms with Crippen LogP contribution >= 0.6 is 0 Å². The predicted molar refractivity (Wildman–Crippen MR) is 70.0 cm³/mol. The molecule has 6 nitrogen and oxygen atoms in total. The first-order valence-electron chi connectivity index (χ1n) is 6.23. The van der Waals surface area contributed by atoms with Crippen LogP contribution in [0.15, 0.2) is 22.0 Å². The molecule has 1 saturated heterocycles. The highest BCUT2D eigenvalue weighted by molar-refractivity contribution is 7.92. The fraction of sp³-hybridized carbons (Fsp3) is 0.545. The average molecular weight is 325 g/mol. The summed E-state index contributed by atoms with van der Waals surface area (Å²) < 4.78 is 60.4. The Balaban J connectivity index is 2.45. The zero-order chi connectivity index (χ0) is 15.7. The molecule has 1 aliphatic rings. The van der Waals surface area contributed by atoms with Crippen LogP contribution < -0.4 is 15.8 Å². The monoisotopic (exact) mass is 325 g/mol. The molecule has 0 aliphatic carbocycles. The maximum atomic E-state index is 12.6. The van der Waals surface area contributed by atoms with E-state index in [2.05, 4.69) is 10.3 Å². The number of H-pyrrole nitrogens is 1. The summed E-state index contributed by atoms with van der Waals surface area (Å²) in [5.74, 6) is 0. The topological polar surface area (TPSA) is 82.3 Å². The number of rotatable bonds is 2. The van der Waals surface area contributed by atoms with Crippen molar-refractivity contribution in [1.82, 2.24) is 10.3 Å². The summed E-state index contributed by atoms with van der Waals surface area (Å²) in [7, 11) is -5.48. The van der Waals surface area contributed by atoms with Crippen molar-refractivity contribution in [3.05, 3.63) is 22.6 Å². The lowest BCUT2D eigenvalue weighted by Crippen LogP contribution is -2.33. The number of alkyl halides is 3. The standard InChI is InChI=1S/C11H14F3N3O3S/c12-11(13,14)21(19,20)8-6-9(10(18)16-7-8)17-4-1-2-15-3-5-17/h6-7,15H,1-5H2,(H,16,18). The van der Waals surface area contributed by atoms with Gasteiger partial charge in [0.25, 0.3) is 15.4 Å². The lowest BCUT2D eigenvalue weighted by atomic mass is 10.3. The minimum absolute atomic E-state index is 0.0657. The highest BCUT2D eigenvalue weighted by atomic mass is 32.2. The highest BCUT2D eigenvalue weighted by Gasteiger charge is 2.47. The van der Waals surface area contributed by atoms with Crippen LogP contribution in [0.2, 0.25) is 0 Å². The molecule has 0 radical (unpaired) electrons. The van der Waals surface area contributed by atoms with E-state index < -0.39 is 25.8 Å². The van der Waals surface area contributed by atoms with Gasteiger partial charge in [0, 0.05) is 25.8 Å². The lowest BCUT2D eigenvalue weighted by Gasteiger charge is -2.21. The van der Waals surface area contributed by atoms with Gasteiger partial charge in [-0.15, -0.1) is 0 Å². The Morgan fingerprint density at radius 3 is 2.57 bits per heavy atom. The van der Waals surface area contributed by atoms with Gasteiger partial charge in [-0.25, -0.2) is 8.42 Å². The van der Waals surface area contributed by atoms with E-state index in [1.807, 2.05) is 0 Å². The van der Waals surface area contributed by atoms with Crippen LogP contribution in [0.3, 0.4) is 0 Å². The quantitative estimate of drug-likeness (QED) is 0.826. The van der Waals surface area contributed by atoms with E-state index >= 15 is 0 Å². The second-order valence-corrected chi connectivity index (χ2v) is 6.53. The number of aromatic nitrogens is 1. The summed E-state index contributed by atoms with van der Waals surface area (Å²) in [5.41, 5.74) is -6.08. The number of nitrogens with one attached hydrogen (secondary N) is 2. The molecule has 1 fully saturated rings. The van der Waals surface area contributed by atoms with Gasteiger partial charge in [-0.3, -0.25) is 4.79 Å². The zero-order valence-corrected chi connectivity index (χ0v) is 11.7. The van der Waals surface area contributed by atoms with Crippen LogP contribution in [-0.4, -0.2) is 45.1 Å². The third-order valence-corrected chi connectivity index (χ3v) is 4.62. The van der Waals surface area contributed by atoms with Crippen LogP contribution in [0.1, 0.15) is 6.42 Å². The number of hydrogen-bond acceptors (Lipinski definition) is 5. The highest BCUT2D eigenvalue weighted by Crippen LogP contribution is 2.30. The molecular weight excluding hydrogens is 311 g/mol. The molecular formula is C11H14F3N3O3S. The molecule has 0 aromatic carbocycles. The summed E-state index contributed by atoms with van der Waals surface area (Å²) in [6.45, 7) is 2.18. The SMILES string of the molecule is O=c1[nH]cc(S(=O)(=O)C(F)(F)F)cc1N1CCCNCC1. The van der Waals surface area contributed by atoms with Crippen molar-refractivity contribution in [3.8, 4) is 0 Å². The molecule has 0 bridgehead atoms. The summed E-state index contributed by atoms with van der Waals surface area (Å²) in [5, 5.41) is 3.08. The van der Waals surface area contributed by atoms with Crippen LogP contribution in [0.25, 0.3) is 0 Å². The van der Waals surface area contributed by atoms with E-state index in [4.69, 9.17) is 0 Å². The molecule has 0 atom stereocenters. The fourth-order valence-corrected chi connectivity index (χ4v) is 2.81. The first kappa shape index (κ1) is 15.8. The largest absolute Gasteiger partial charge is 0.501 e. The Morgan fingerprint density at radius 2 is 1.90 bits per heavy atom. The summed E-state index contributed by atoms with van der Waals surface area (Å²) in [6.07, 6.45) is 1.28. The second kappa shape index (κ2) is 5.68. The maximum absolute atomic E-state index is 12.6. The van der Waals surface area contributed by atoms with Crippen molar-refractivity contribution in [2.45, 2.75) is 16.8 Å². The van der Waals surface area contributed by atoms with E-state index in [0.717, 1.165) is 12.6 Å². The second-order valence-electron chi connectivity index (χ2n) is 4.59. The molecule has 2 N–H and O–H groups in total. The van der Waals surface area contributed by atoms with E-state index in [-0.39, 0.29) is 5.69 Å². The van der Waals surface area contributed by atoms with Crippen molar-refractivity contribution < 1.29 is 21.6 Å². The number of hydrogen-bond donors (Lipinski definition) is 2. The first-order valence-corrected chi connectivity index (χ1v) is 7.71. The summed E-state index contributed by atoms with van der Waals surface area (Å²) >= 11 is 0. The molecule has 2 rings (SSSR count). The fourth-order valence-electron chi connectivity index (χ4n) is 2.06. The van der Waals surface area contributed by atoms with Crippen LogP contribution in [0.5, 0.6) is 0 Å². The zero-order valence-electron chi connectivity index (χ0n) is 10.9. The molecule has 1 aliphatic heterocycles. The normalized spacial score (nSPS) is 17.6. The van der Waals surface area contributed by atoms with Crippen molar-refractivity contribution in [3.63, 3.8) is 0 Å². The molecule has 21 heavy (non-hydrogen) atoms. The van der Waals surface area contributed by atoms with E-state index in [9.17, 15) is 26.4 Å². The van der Waals surface area contributed by atoms with Crippen molar-refractivity contribution >= 4 is 15.5 Å². The molecule has 1 aromatic rings. The molecule has 2 heterocycles. The Hall–Kier alpha value is -1.55. The van der Waals surface area contributed by atoms with Crippen molar-refractivity contribution in [2.24, 2.45) is 0 Å². The Labute approximate surface area is 118 Å². The molecule has 10 heteroatoms. The van der Waals surface area contributed by atoms with Gasteiger partial charge >= 0.3 is 5.51 Å². The molecule has 0 spiro atoms. The van der Waals surface area contributed by atoms with Gasteiger partial charge in [-0.2, -0.15) is 13.2 Å². The van der Waals surface area contributed by atoms with Gasteiger partial charge in [-0.1, -0.05) is 0 Å². The van der Waals surface area contributed by atoms with Gasteiger partial charge in [0.2, 0.25) is 0 Å². The Bertz CT molecular complexity index is 661. The van der Waals surface area contributed by atoms with Gasteiger partial charge in [0.15, 0.2) is 0 Å². The Morgan fingerprint density at radius 1 is 1.19 bits per heavy atom. The van der Waals surface area contributed by atoms with Gasteiger partial charge in [0.05, 0.1) is 4.90 Å². The molecule has 118 valence electrons. The van der Waals surface area contributed by atoms with Crippen LogP contribution in [0, 0.1) is 0 Å². The van der Waals surface area contributed by atoms with Crippen LogP contribution in [-0.2, 0) is 9.84 Å². The lowest BCUT2D eigenvalue weighted by molar-refractivity contribution is -0.0436. The average Bonchev–Trinajstić information content (AvgIpc) is 2.66. The first-order chi connectivity index (χ1) is 9.73.